The van der Waals surface area contributed by atoms with Crippen LogP contribution in [0.4, 0.5) is 0 Å². The van der Waals surface area contributed by atoms with Crippen LogP contribution in [0.2, 0.25) is 0 Å². The number of carbonyl (C=O) groups excluding carboxylic acids is 1. The number of hydrogen-bond donors (Lipinski definition) is 0. The second-order valence-electron chi connectivity index (χ2n) is 11.6. The highest BCUT2D eigenvalue weighted by molar-refractivity contribution is 5.87. The molecule has 3 heteroatoms. The average molecular weight is 485 g/mol. The Hall–Kier alpha value is 0.360. The van der Waals surface area contributed by atoms with Crippen LogP contribution >= 0.6 is 0 Å². The Bertz CT molecular complexity index is 599. The van der Waals surface area contributed by atoms with Gasteiger partial charge in [0.15, 0.2) is 0 Å². The maximum Gasteiger partial charge on any atom is 0.139 e. The lowest BCUT2D eigenvalue weighted by Gasteiger charge is -2.61. The number of carbonyl (C=O) groups is 1. The van der Waals surface area contributed by atoms with Gasteiger partial charge in [0, 0.05) is 31.1 Å². The van der Waals surface area contributed by atoms with E-state index in [9.17, 15) is 4.79 Å². The minimum atomic E-state index is 0. The van der Waals surface area contributed by atoms with Gasteiger partial charge in [0.1, 0.15) is 5.78 Å². The van der Waals surface area contributed by atoms with Gasteiger partial charge in [-0.3, -0.25) is 4.79 Å². The van der Waals surface area contributed by atoms with Crippen LogP contribution < -0.4 is 24.0 Å². The molecule has 4 aliphatic carbocycles. The quantitative estimate of drug-likeness (QED) is 0.411. The molecule has 1 heterocycles. The van der Waals surface area contributed by atoms with E-state index in [1.807, 2.05) is 0 Å². The molecule has 1 saturated heterocycles. The molecule has 0 amide bonds. The molecule has 0 bridgehead atoms. The highest BCUT2D eigenvalue weighted by atomic mass is 127. The number of nitrogens with zero attached hydrogens (tertiary/aromatic N) is 1. The summed E-state index contributed by atoms with van der Waals surface area (Å²) in [6.07, 6.45) is 14.8. The van der Waals surface area contributed by atoms with Crippen LogP contribution in [0.1, 0.15) is 84.5 Å². The SMILES string of the molecule is C[C@]12CC[C@H]([N+]3(C)CCCC3)C[C@@H]1CC[C@@H]1[C@@H]2CC[C@]2(C)C(=O)CC[C@@H]12.[I-]. The van der Waals surface area contributed by atoms with Gasteiger partial charge in [-0.1, -0.05) is 13.8 Å². The third-order valence-electron chi connectivity index (χ3n) is 10.8. The zero-order valence-corrected chi connectivity index (χ0v) is 20.0. The van der Waals surface area contributed by atoms with Crippen molar-refractivity contribution in [3.05, 3.63) is 0 Å². The van der Waals surface area contributed by atoms with Crippen LogP contribution in [0.25, 0.3) is 0 Å². The summed E-state index contributed by atoms with van der Waals surface area (Å²) < 4.78 is 1.38. The Morgan fingerprint density at radius 3 is 2.41 bits per heavy atom. The van der Waals surface area contributed by atoms with E-state index in [0.29, 0.717) is 17.1 Å². The van der Waals surface area contributed by atoms with Crippen molar-refractivity contribution in [1.82, 2.24) is 0 Å². The predicted molar refractivity (Wildman–Crippen MR) is 106 cm³/mol. The van der Waals surface area contributed by atoms with Crippen molar-refractivity contribution in [2.75, 3.05) is 20.1 Å². The minimum absolute atomic E-state index is 0. The lowest BCUT2D eigenvalue weighted by molar-refractivity contribution is -0.924. The molecular weight excluding hydrogens is 445 g/mol. The lowest BCUT2D eigenvalue weighted by Crippen LogP contribution is -3.00. The molecule has 27 heavy (non-hydrogen) atoms. The first-order valence-electron chi connectivity index (χ1n) is 11.7. The Labute approximate surface area is 183 Å². The Morgan fingerprint density at radius 2 is 1.67 bits per heavy atom. The van der Waals surface area contributed by atoms with E-state index in [1.165, 1.54) is 81.8 Å². The Morgan fingerprint density at radius 1 is 0.926 bits per heavy atom. The zero-order chi connectivity index (χ0) is 18.2. The molecule has 2 nitrogen and oxygen atoms in total. The summed E-state index contributed by atoms with van der Waals surface area (Å²) in [5.41, 5.74) is 0.626. The monoisotopic (exact) mass is 485 g/mol. The highest BCUT2D eigenvalue weighted by Crippen LogP contribution is 2.65. The maximum absolute atomic E-state index is 12.6. The molecule has 5 rings (SSSR count). The molecule has 4 saturated carbocycles. The number of Topliss-reactive ketones (excluding diaryl/α,β-unsaturated/α-hetero) is 1. The van der Waals surface area contributed by atoms with Gasteiger partial charge >= 0.3 is 0 Å². The molecule has 0 radical (unpaired) electrons. The van der Waals surface area contributed by atoms with Crippen LogP contribution in [0.15, 0.2) is 0 Å². The normalized spacial score (nSPS) is 51.1. The standard InChI is InChI=1S/C24H40NO.HI/c1-23-12-10-18(25(3)14-4-5-15-25)16-17(23)6-7-19-20-8-9-22(26)24(20,2)13-11-21(19)23;/h17-21H,4-16H2,1-3H3;1H/q+1;/p-1/t17-,18-,19-,20-,21-,23-,24-;/m0./s1. The van der Waals surface area contributed by atoms with Crippen LogP contribution in [0, 0.1) is 34.5 Å². The van der Waals surface area contributed by atoms with Crippen molar-refractivity contribution >= 4 is 5.78 Å². The third kappa shape index (κ3) is 2.91. The minimum Gasteiger partial charge on any atom is -1.00 e. The number of quaternary nitrogens is 1. The first-order chi connectivity index (χ1) is 12.4. The predicted octanol–water partition coefficient (Wildman–Crippen LogP) is 2.21. The topological polar surface area (TPSA) is 17.1 Å². The largest absolute Gasteiger partial charge is 1.00 e. The van der Waals surface area contributed by atoms with Gasteiger partial charge < -0.3 is 28.5 Å². The lowest BCUT2D eigenvalue weighted by atomic mass is 9.45. The molecule has 0 unspecified atom stereocenters. The first kappa shape index (κ1) is 20.6. The third-order valence-corrected chi connectivity index (χ3v) is 10.8. The fourth-order valence-corrected chi connectivity index (χ4v) is 9.00. The molecule has 1 aliphatic heterocycles. The number of likely N-dealkylation sites (tertiary alicyclic amines) is 1. The Kier molecular flexibility index (Phi) is 5.32. The van der Waals surface area contributed by atoms with Crippen LogP contribution in [0.3, 0.4) is 0 Å². The second kappa shape index (κ2) is 6.96. The summed E-state index contributed by atoms with van der Waals surface area (Å²) in [6, 6.07) is 0.939. The smallest absolute Gasteiger partial charge is 0.139 e. The van der Waals surface area contributed by atoms with Gasteiger partial charge in [0.2, 0.25) is 0 Å². The zero-order valence-electron chi connectivity index (χ0n) is 17.8. The van der Waals surface area contributed by atoms with Gasteiger partial charge in [-0.2, -0.15) is 0 Å². The van der Waals surface area contributed by atoms with E-state index < -0.39 is 0 Å². The number of rotatable bonds is 1. The second-order valence-corrected chi connectivity index (χ2v) is 11.6. The molecule has 0 aromatic carbocycles. The van der Waals surface area contributed by atoms with E-state index >= 15 is 0 Å². The number of fused-ring (bicyclic) bond motifs is 5. The molecule has 0 spiro atoms. The number of ketones is 1. The summed E-state index contributed by atoms with van der Waals surface area (Å²) in [7, 11) is 2.56. The van der Waals surface area contributed by atoms with Crippen molar-refractivity contribution in [2.24, 2.45) is 34.5 Å². The molecule has 154 valence electrons. The highest BCUT2D eigenvalue weighted by Gasteiger charge is 2.61. The van der Waals surface area contributed by atoms with Gasteiger partial charge in [-0.25, -0.2) is 0 Å². The molecular formula is C24H40INO. The molecule has 0 N–H and O–H groups in total. The maximum atomic E-state index is 12.6. The van der Waals surface area contributed by atoms with E-state index in [-0.39, 0.29) is 29.4 Å². The molecule has 5 fully saturated rings. The Balaban J connectivity index is 0.00000180. The average Bonchev–Trinajstić information content (AvgIpc) is 3.19. The van der Waals surface area contributed by atoms with Crippen molar-refractivity contribution < 1.29 is 33.3 Å². The molecule has 0 aromatic rings. The number of hydrogen-bond acceptors (Lipinski definition) is 1. The van der Waals surface area contributed by atoms with Gasteiger partial charge in [-0.05, 0) is 74.0 Å². The van der Waals surface area contributed by atoms with Crippen molar-refractivity contribution in [2.45, 2.75) is 90.5 Å². The molecule has 0 aromatic heterocycles. The first-order valence-corrected chi connectivity index (χ1v) is 11.7. The fourth-order valence-electron chi connectivity index (χ4n) is 9.00. The van der Waals surface area contributed by atoms with Crippen LogP contribution in [-0.2, 0) is 4.79 Å². The van der Waals surface area contributed by atoms with E-state index in [4.69, 9.17) is 0 Å². The van der Waals surface area contributed by atoms with E-state index in [1.54, 1.807) is 0 Å². The van der Waals surface area contributed by atoms with Crippen molar-refractivity contribution in [3.63, 3.8) is 0 Å². The fraction of sp³-hybridized carbons (Fsp3) is 0.958. The van der Waals surface area contributed by atoms with Crippen molar-refractivity contribution in [1.29, 1.82) is 0 Å². The van der Waals surface area contributed by atoms with Gasteiger partial charge in [0.05, 0.1) is 26.2 Å². The number of halogens is 1. The summed E-state index contributed by atoms with van der Waals surface area (Å²) in [4.78, 5) is 12.6. The van der Waals surface area contributed by atoms with Crippen LogP contribution in [0.5, 0.6) is 0 Å². The van der Waals surface area contributed by atoms with Crippen molar-refractivity contribution in [3.8, 4) is 0 Å². The van der Waals surface area contributed by atoms with Gasteiger partial charge in [0.25, 0.3) is 0 Å². The molecule has 7 atom stereocenters. The summed E-state index contributed by atoms with van der Waals surface area (Å²) in [5, 5.41) is 0. The summed E-state index contributed by atoms with van der Waals surface area (Å²) in [6.45, 7) is 7.87. The summed E-state index contributed by atoms with van der Waals surface area (Å²) in [5.74, 6) is 4.04. The summed E-state index contributed by atoms with van der Waals surface area (Å²) >= 11 is 0. The van der Waals surface area contributed by atoms with Crippen LogP contribution in [-0.4, -0.2) is 36.4 Å². The van der Waals surface area contributed by atoms with Gasteiger partial charge in [-0.15, -0.1) is 0 Å². The molecule has 5 aliphatic rings. The van der Waals surface area contributed by atoms with E-state index in [0.717, 1.165) is 30.2 Å². The van der Waals surface area contributed by atoms with E-state index in [2.05, 4.69) is 20.9 Å².